The van der Waals surface area contributed by atoms with Crippen molar-refractivity contribution in [3.8, 4) is 28.6 Å². The Morgan fingerprint density at radius 2 is 1.76 bits per heavy atom. The van der Waals surface area contributed by atoms with Crippen LogP contribution in [0.2, 0.25) is 0 Å². The van der Waals surface area contributed by atoms with E-state index in [-0.39, 0.29) is 23.3 Å². The molecular weight excluding hydrogens is 320 g/mol. The number of aromatic nitrogens is 3. The molecule has 0 amide bonds. The van der Waals surface area contributed by atoms with Gasteiger partial charge in [0, 0.05) is 0 Å². The monoisotopic (exact) mass is 336 g/mol. The smallest absolute Gasteiger partial charge is 0.224 e. The standard InChI is InChI=1S/C18H16N4O3/c1-25-15-10-11(6-8-14(15)24)7-9-16-20-17(22-18(19)21-16)12-4-2-3-5-13(12)23/h2-10,23-24H,1H3,(H2,19,20,21,22). The van der Waals surface area contributed by atoms with Gasteiger partial charge < -0.3 is 20.7 Å². The van der Waals surface area contributed by atoms with E-state index in [0.717, 1.165) is 5.56 Å². The van der Waals surface area contributed by atoms with Crippen LogP contribution >= 0.6 is 0 Å². The lowest BCUT2D eigenvalue weighted by Gasteiger charge is -2.05. The summed E-state index contributed by atoms with van der Waals surface area (Å²) in [6.45, 7) is 0. The fraction of sp³-hybridized carbons (Fsp3) is 0.0556. The van der Waals surface area contributed by atoms with Crippen molar-refractivity contribution in [2.24, 2.45) is 0 Å². The van der Waals surface area contributed by atoms with Gasteiger partial charge in [-0.3, -0.25) is 0 Å². The number of nitrogen functional groups attached to an aromatic ring is 1. The molecule has 0 saturated heterocycles. The molecular formula is C18H16N4O3. The number of nitrogens with two attached hydrogens (primary N) is 1. The third-order valence-corrected chi connectivity index (χ3v) is 3.44. The van der Waals surface area contributed by atoms with Crippen LogP contribution in [0.3, 0.4) is 0 Å². The number of ether oxygens (including phenoxy) is 1. The summed E-state index contributed by atoms with van der Waals surface area (Å²) in [5, 5.41) is 19.6. The van der Waals surface area contributed by atoms with E-state index in [1.54, 1.807) is 48.6 Å². The van der Waals surface area contributed by atoms with Crippen molar-refractivity contribution in [1.29, 1.82) is 0 Å². The van der Waals surface area contributed by atoms with Crippen molar-refractivity contribution in [2.45, 2.75) is 0 Å². The summed E-state index contributed by atoms with van der Waals surface area (Å²) in [5.41, 5.74) is 7.01. The van der Waals surface area contributed by atoms with Gasteiger partial charge in [-0.05, 0) is 35.9 Å². The van der Waals surface area contributed by atoms with E-state index < -0.39 is 0 Å². The zero-order valence-corrected chi connectivity index (χ0v) is 13.4. The second-order valence-corrected chi connectivity index (χ2v) is 5.16. The van der Waals surface area contributed by atoms with Crippen LogP contribution in [-0.4, -0.2) is 32.3 Å². The highest BCUT2D eigenvalue weighted by Gasteiger charge is 2.09. The molecule has 0 bridgehead atoms. The lowest BCUT2D eigenvalue weighted by Crippen LogP contribution is -2.02. The lowest BCUT2D eigenvalue weighted by molar-refractivity contribution is 0.373. The molecule has 1 aromatic heterocycles. The highest BCUT2D eigenvalue weighted by atomic mass is 16.5. The number of phenols is 2. The summed E-state index contributed by atoms with van der Waals surface area (Å²) in [4.78, 5) is 12.4. The Balaban J connectivity index is 1.94. The van der Waals surface area contributed by atoms with Crippen molar-refractivity contribution < 1.29 is 14.9 Å². The normalized spacial score (nSPS) is 10.9. The summed E-state index contributed by atoms with van der Waals surface area (Å²) in [6.07, 6.45) is 3.42. The van der Waals surface area contributed by atoms with Gasteiger partial charge >= 0.3 is 0 Å². The fourth-order valence-electron chi connectivity index (χ4n) is 2.24. The molecule has 3 rings (SSSR count). The van der Waals surface area contributed by atoms with Crippen molar-refractivity contribution in [3.63, 3.8) is 0 Å². The number of aromatic hydroxyl groups is 2. The summed E-state index contributed by atoms with van der Waals surface area (Å²) in [7, 11) is 1.48. The summed E-state index contributed by atoms with van der Waals surface area (Å²) in [6, 6.07) is 11.7. The molecule has 7 heteroatoms. The second kappa shape index (κ2) is 6.88. The van der Waals surface area contributed by atoms with Crippen LogP contribution in [0.15, 0.2) is 42.5 Å². The Morgan fingerprint density at radius 3 is 2.52 bits per heavy atom. The molecule has 0 aliphatic carbocycles. The number of benzene rings is 2. The number of hydrogen-bond donors (Lipinski definition) is 3. The highest BCUT2D eigenvalue weighted by Crippen LogP contribution is 2.28. The zero-order chi connectivity index (χ0) is 17.8. The molecule has 3 aromatic rings. The van der Waals surface area contributed by atoms with Gasteiger partial charge in [-0.25, -0.2) is 4.98 Å². The number of hydrogen-bond acceptors (Lipinski definition) is 7. The molecule has 0 unspecified atom stereocenters. The van der Waals surface area contributed by atoms with Crippen LogP contribution < -0.4 is 10.5 Å². The molecule has 0 aliphatic heterocycles. The first kappa shape index (κ1) is 16.3. The molecule has 0 spiro atoms. The predicted molar refractivity (Wildman–Crippen MR) is 94.9 cm³/mol. The Morgan fingerprint density at radius 1 is 0.960 bits per heavy atom. The van der Waals surface area contributed by atoms with E-state index in [4.69, 9.17) is 10.5 Å². The maximum Gasteiger partial charge on any atom is 0.224 e. The largest absolute Gasteiger partial charge is 0.507 e. The van der Waals surface area contributed by atoms with Gasteiger partial charge in [0.05, 0.1) is 12.7 Å². The van der Waals surface area contributed by atoms with Crippen LogP contribution in [0.25, 0.3) is 23.5 Å². The first-order valence-corrected chi connectivity index (χ1v) is 7.42. The number of para-hydroxylation sites is 1. The third-order valence-electron chi connectivity index (χ3n) is 3.44. The van der Waals surface area contributed by atoms with E-state index in [9.17, 15) is 10.2 Å². The van der Waals surface area contributed by atoms with Gasteiger partial charge in [0.2, 0.25) is 5.95 Å². The van der Waals surface area contributed by atoms with Crippen molar-refractivity contribution in [3.05, 3.63) is 53.9 Å². The van der Waals surface area contributed by atoms with Crippen LogP contribution in [-0.2, 0) is 0 Å². The number of phenolic OH excluding ortho intramolecular Hbond substituents is 2. The van der Waals surface area contributed by atoms with Gasteiger partial charge in [0.25, 0.3) is 0 Å². The summed E-state index contributed by atoms with van der Waals surface area (Å²) >= 11 is 0. The summed E-state index contributed by atoms with van der Waals surface area (Å²) < 4.78 is 5.07. The molecule has 4 N–H and O–H groups in total. The van der Waals surface area contributed by atoms with E-state index in [0.29, 0.717) is 17.1 Å². The fourth-order valence-corrected chi connectivity index (χ4v) is 2.24. The van der Waals surface area contributed by atoms with Crippen LogP contribution in [0, 0.1) is 0 Å². The quantitative estimate of drug-likeness (QED) is 0.671. The van der Waals surface area contributed by atoms with Crippen LogP contribution in [0.5, 0.6) is 17.2 Å². The zero-order valence-electron chi connectivity index (χ0n) is 13.4. The topological polar surface area (TPSA) is 114 Å². The Labute approximate surface area is 144 Å². The molecule has 0 atom stereocenters. The lowest BCUT2D eigenvalue weighted by atomic mass is 10.2. The molecule has 126 valence electrons. The molecule has 0 fully saturated rings. The molecule has 1 heterocycles. The van der Waals surface area contributed by atoms with Crippen molar-refractivity contribution in [1.82, 2.24) is 15.0 Å². The molecule has 0 radical (unpaired) electrons. The average molecular weight is 336 g/mol. The Kier molecular flexibility index (Phi) is 4.47. The summed E-state index contributed by atoms with van der Waals surface area (Å²) in [5.74, 6) is 1.17. The number of anilines is 1. The van der Waals surface area contributed by atoms with Crippen LogP contribution in [0.1, 0.15) is 11.4 Å². The van der Waals surface area contributed by atoms with Gasteiger partial charge in [-0.15, -0.1) is 0 Å². The van der Waals surface area contributed by atoms with Gasteiger partial charge in [-0.2, -0.15) is 9.97 Å². The predicted octanol–water partition coefficient (Wildman–Crippen LogP) is 2.71. The highest BCUT2D eigenvalue weighted by molar-refractivity contribution is 5.70. The van der Waals surface area contributed by atoms with E-state index in [2.05, 4.69) is 15.0 Å². The molecule has 0 saturated carbocycles. The Bertz CT molecular complexity index is 941. The number of rotatable bonds is 4. The maximum absolute atomic E-state index is 9.94. The minimum atomic E-state index is 0.0520. The Hall–Kier alpha value is -3.61. The third kappa shape index (κ3) is 3.66. The minimum Gasteiger partial charge on any atom is -0.507 e. The second-order valence-electron chi connectivity index (χ2n) is 5.16. The van der Waals surface area contributed by atoms with Gasteiger partial charge in [0.1, 0.15) is 5.75 Å². The van der Waals surface area contributed by atoms with Gasteiger partial charge in [0.15, 0.2) is 23.1 Å². The van der Waals surface area contributed by atoms with E-state index >= 15 is 0 Å². The molecule has 0 aliphatic rings. The van der Waals surface area contributed by atoms with Crippen LogP contribution in [0.4, 0.5) is 5.95 Å². The maximum atomic E-state index is 9.94. The first-order valence-electron chi connectivity index (χ1n) is 7.42. The SMILES string of the molecule is COc1cc(C=Cc2nc(N)nc(-c3ccccc3O)n2)ccc1O. The molecule has 2 aromatic carbocycles. The molecule has 25 heavy (non-hydrogen) atoms. The number of methoxy groups -OCH3 is 1. The van der Waals surface area contributed by atoms with E-state index in [1.807, 2.05) is 0 Å². The molecule has 7 nitrogen and oxygen atoms in total. The average Bonchev–Trinajstić information content (AvgIpc) is 2.61. The first-order chi connectivity index (χ1) is 12.1. The van der Waals surface area contributed by atoms with Crippen molar-refractivity contribution >= 4 is 18.1 Å². The van der Waals surface area contributed by atoms with E-state index in [1.165, 1.54) is 13.2 Å². The minimum absolute atomic E-state index is 0.0520. The van der Waals surface area contributed by atoms with Gasteiger partial charge in [-0.1, -0.05) is 24.3 Å². The van der Waals surface area contributed by atoms with Crippen molar-refractivity contribution in [2.75, 3.05) is 12.8 Å². The number of nitrogens with zero attached hydrogens (tertiary/aromatic N) is 3.